The number of rotatable bonds is 5. The van der Waals surface area contributed by atoms with Gasteiger partial charge in [0.1, 0.15) is 5.82 Å². The van der Waals surface area contributed by atoms with Crippen LogP contribution < -0.4 is 5.32 Å². The van der Waals surface area contributed by atoms with Crippen molar-refractivity contribution < 1.29 is 4.39 Å². The lowest BCUT2D eigenvalue weighted by molar-refractivity contribution is 0.405. The standard InChI is InChI=1S/C13H20FN/c1-4-15-13(10(2)3)9-11-5-7-12(14)8-6-11/h5-8,10,13,15H,4,9H2,1-3H3/t13-/m0/s1. The van der Waals surface area contributed by atoms with Crippen molar-refractivity contribution in [3.63, 3.8) is 0 Å². The summed E-state index contributed by atoms with van der Waals surface area (Å²) in [5, 5.41) is 3.45. The number of likely N-dealkylation sites (N-methyl/N-ethyl adjacent to an activating group) is 1. The highest BCUT2D eigenvalue weighted by Gasteiger charge is 2.12. The molecule has 84 valence electrons. The maximum atomic E-state index is 12.7. The van der Waals surface area contributed by atoms with Crippen LogP contribution in [0.15, 0.2) is 24.3 Å². The topological polar surface area (TPSA) is 12.0 Å². The molecule has 0 spiro atoms. The van der Waals surface area contributed by atoms with Gasteiger partial charge in [-0.2, -0.15) is 0 Å². The van der Waals surface area contributed by atoms with Gasteiger partial charge in [0, 0.05) is 6.04 Å². The molecule has 1 aromatic rings. The molecule has 1 rings (SSSR count). The second-order valence-corrected chi connectivity index (χ2v) is 4.24. The zero-order chi connectivity index (χ0) is 11.3. The van der Waals surface area contributed by atoms with Crippen LogP contribution in [0.3, 0.4) is 0 Å². The summed E-state index contributed by atoms with van der Waals surface area (Å²) in [5.74, 6) is 0.429. The summed E-state index contributed by atoms with van der Waals surface area (Å²) in [6, 6.07) is 7.25. The van der Waals surface area contributed by atoms with Gasteiger partial charge in [0.25, 0.3) is 0 Å². The van der Waals surface area contributed by atoms with Crippen molar-refractivity contribution in [2.24, 2.45) is 5.92 Å². The predicted octanol–water partition coefficient (Wildman–Crippen LogP) is 3.00. The fraction of sp³-hybridized carbons (Fsp3) is 0.538. The lowest BCUT2D eigenvalue weighted by Gasteiger charge is -2.21. The van der Waals surface area contributed by atoms with E-state index in [1.807, 2.05) is 12.1 Å². The summed E-state index contributed by atoms with van der Waals surface area (Å²) < 4.78 is 12.7. The van der Waals surface area contributed by atoms with Crippen LogP contribution >= 0.6 is 0 Å². The molecule has 1 nitrogen and oxygen atoms in total. The molecular formula is C13H20FN. The molecular weight excluding hydrogens is 189 g/mol. The normalized spacial score (nSPS) is 13.1. The average Bonchev–Trinajstić information content (AvgIpc) is 2.20. The molecule has 0 saturated heterocycles. The summed E-state index contributed by atoms with van der Waals surface area (Å²) in [7, 11) is 0. The Hall–Kier alpha value is -0.890. The van der Waals surface area contributed by atoms with Crippen LogP contribution in [0, 0.1) is 11.7 Å². The molecule has 0 aliphatic rings. The summed E-state index contributed by atoms with van der Waals surface area (Å²) in [4.78, 5) is 0. The first-order chi connectivity index (χ1) is 7.13. The van der Waals surface area contributed by atoms with Crippen LogP contribution in [0.1, 0.15) is 26.3 Å². The van der Waals surface area contributed by atoms with E-state index in [4.69, 9.17) is 0 Å². The summed E-state index contributed by atoms with van der Waals surface area (Å²) in [6.45, 7) is 7.50. The van der Waals surface area contributed by atoms with E-state index in [0.717, 1.165) is 13.0 Å². The van der Waals surface area contributed by atoms with Crippen LogP contribution in [-0.4, -0.2) is 12.6 Å². The largest absolute Gasteiger partial charge is 0.314 e. The van der Waals surface area contributed by atoms with Crippen molar-refractivity contribution in [3.05, 3.63) is 35.6 Å². The molecule has 1 N–H and O–H groups in total. The van der Waals surface area contributed by atoms with Gasteiger partial charge in [0.2, 0.25) is 0 Å². The Balaban J connectivity index is 2.61. The van der Waals surface area contributed by atoms with E-state index in [9.17, 15) is 4.39 Å². The maximum absolute atomic E-state index is 12.7. The second kappa shape index (κ2) is 5.86. The van der Waals surface area contributed by atoms with E-state index >= 15 is 0 Å². The Labute approximate surface area is 91.7 Å². The number of hydrogen-bond acceptors (Lipinski definition) is 1. The van der Waals surface area contributed by atoms with Crippen molar-refractivity contribution in [3.8, 4) is 0 Å². The van der Waals surface area contributed by atoms with E-state index in [1.54, 1.807) is 0 Å². The van der Waals surface area contributed by atoms with Crippen molar-refractivity contribution in [1.29, 1.82) is 0 Å². The first-order valence-electron chi connectivity index (χ1n) is 5.61. The molecule has 15 heavy (non-hydrogen) atoms. The van der Waals surface area contributed by atoms with Crippen LogP contribution in [-0.2, 0) is 6.42 Å². The number of benzene rings is 1. The van der Waals surface area contributed by atoms with E-state index in [-0.39, 0.29) is 5.82 Å². The summed E-state index contributed by atoms with van der Waals surface area (Å²) in [6.07, 6.45) is 0.964. The van der Waals surface area contributed by atoms with E-state index < -0.39 is 0 Å². The Morgan fingerprint density at radius 1 is 1.20 bits per heavy atom. The molecule has 0 heterocycles. The molecule has 1 atom stereocenters. The third kappa shape index (κ3) is 4.00. The van der Waals surface area contributed by atoms with Gasteiger partial charge in [-0.05, 0) is 36.6 Å². The lowest BCUT2D eigenvalue weighted by atomic mass is 9.96. The van der Waals surface area contributed by atoms with Gasteiger partial charge < -0.3 is 5.32 Å². The van der Waals surface area contributed by atoms with Gasteiger partial charge in [0.15, 0.2) is 0 Å². The predicted molar refractivity (Wildman–Crippen MR) is 62.4 cm³/mol. The Morgan fingerprint density at radius 3 is 2.27 bits per heavy atom. The third-order valence-corrected chi connectivity index (χ3v) is 2.64. The first-order valence-corrected chi connectivity index (χ1v) is 5.61. The zero-order valence-corrected chi connectivity index (χ0v) is 9.76. The summed E-state index contributed by atoms with van der Waals surface area (Å²) >= 11 is 0. The van der Waals surface area contributed by atoms with Crippen LogP contribution in [0.25, 0.3) is 0 Å². The number of hydrogen-bond donors (Lipinski definition) is 1. The second-order valence-electron chi connectivity index (χ2n) is 4.24. The molecule has 1 aromatic carbocycles. The lowest BCUT2D eigenvalue weighted by Crippen LogP contribution is -2.35. The summed E-state index contributed by atoms with van der Waals surface area (Å²) in [5.41, 5.74) is 1.19. The Kier molecular flexibility index (Phi) is 4.76. The van der Waals surface area contributed by atoms with Crippen molar-refractivity contribution in [2.75, 3.05) is 6.54 Å². The van der Waals surface area contributed by atoms with Crippen molar-refractivity contribution in [1.82, 2.24) is 5.32 Å². The van der Waals surface area contributed by atoms with Gasteiger partial charge in [0.05, 0.1) is 0 Å². The minimum atomic E-state index is -0.164. The molecule has 0 bridgehead atoms. The molecule has 2 heteroatoms. The Morgan fingerprint density at radius 2 is 1.80 bits per heavy atom. The quantitative estimate of drug-likeness (QED) is 0.786. The fourth-order valence-corrected chi connectivity index (χ4v) is 1.68. The van der Waals surface area contributed by atoms with Gasteiger partial charge in [-0.15, -0.1) is 0 Å². The van der Waals surface area contributed by atoms with Gasteiger partial charge >= 0.3 is 0 Å². The van der Waals surface area contributed by atoms with E-state index in [2.05, 4.69) is 26.1 Å². The fourth-order valence-electron chi connectivity index (χ4n) is 1.68. The highest BCUT2D eigenvalue weighted by molar-refractivity contribution is 5.17. The van der Waals surface area contributed by atoms with Gasteiger partial charge in [-0.3, -0.25) is 0 Å². The van der Waals surface area contributed by atoms with Crippen LogP contribution in [0.5, 0.6) is 0 Å². The number of halogens is 1. The van der Waals surface area contributed by atoms with Crippen molar-refractivity contribution in [2.45, 2.75) is 33.2 Å². The SMILES string of the molecule is CCN[C@@H](Cc1ccc(F)cc1)C(C)C. The molecule has 0 amide bonds. The molecule has 0 radical (unpaired) electrons. The maximum Gasteiger partial charge on any atom is 0.123 e. The molecule has 0 fully saturated rings. The number of nitrogens with one attached hydrogen (secondary N) is 1. The monoisotopic (exact) mass is 209 g/mol. The van der Waals surface area contributed by atoms with Crippen LogP contribution in [0.4, 0.5) is 4.39 Å². The smallest absolute Gasteiger partial charge is 0.123 e. The van der Waals surface area contributed by atoms with Gasteiger partial charge in [-0.1, -0.05) is 32.9 Å². The van der Waals surface area contributed by atoms with Crippen LogP contribution in [0.2, 0.25) is 0 Å². The van der Waals surface area contributed by atoms with Crippen molar-refractivity contribution >= 4 is 0 Å². The molecule has 0 aliphatic heterocycles. The minimum absolute atomic E-state index is 0.164. The van der Waals surface area contributed by atoms with E-state index in [0.29, 0.717) is 12.0 Å². The molecule has 0 aliphatic carbocycles. The highest BCUT2D eigenvalue weighted by atomic mass is 19.1. The molecule has 0 saturated carbocycles. The minimum Gasteiger partial charge on any atom is -0.314 e. The Bertz CT molecular complexity index is 279. The zero-order valence-electron chi connectivity index (χ0n) is 9.76. The average molecular weight is 209 g/mol. The highest BCUT2D eigenvalue weighted by Crippen LogP contribution is 2.11. The van der Waals surface area contributed by atoms with Gasteiger partial charge in [-0.25, -0.2) is 4.39 Å². The van der Waals surface area contributed by atoms with E-state index in [1.165, 1.54) is 17.7 Å². The molecule has 0 unspecified atom stereocenters. The molecule has 0 aromatic heterocycles. The first kappa shape index (κ1) is 12.2. The third-order valence-electron chi connectivity index (χ3n) is 2.64.